The molecule has 6 nitrogen and oxygen atoms in total. The van der Waals surface area contributed by atoms with Gasteiger partial charge in [0.25, 0.3) is 5.56 Å². The molecule has 0 unspecified atom stereocenters. The fourth-order valence-corrected chi connectivity index (χ4v) is 3.63. The fraction of sp³-hybridized carbons (Fsp3) is 0.227. The number of ether oxygens (including phenoxy) is 2. The minimum absolute atomic E-state index is 0.221. The second-order valence-electron chi connectivity index (χ2n) is 6.26. The van der Waals surface area contributed by atoms with Gasteiger partial charge in [0.05, 0.1) is 23.7 Å². The molecule has 0 saturated heterocycles. The van der Waals surface area contributed by atoms with Crippen LogP contribution in [0.3, 0.4) is 0 Å². The normalized spacial score (nSPS) is 11.2. The third-order valence-electron chi connectivity index (χ3n) is 4.22. The van der Waals surface area contributed by atoms with Crippen LogP contribution in [0.4, 0.5) is 0 Å². The molecule has 0 N–H and O–H groups in total. The van der Waals surface area contributed by atoms with Gasteiger partial charge in [-0.15, -0.1) is 0 Å². The molecule has 156 valence electrons. The predicted octanol–water partition coefficient (Wildman–Crippen LogP) is 5.33. The Morgan fingerprint density at radius 2 is 1.93 bits per heavy atom. The van der Waals surface area contributed by atoms with E-state index >= 15 is 0 Å². The highest BCUT2D eigenvalue weighted by atomic mass is 79.9. The van der Waals surface area contributed by atoms with Crippen LogP contribution >= 0.6 is 31.9 Å². The van der Waals surface area contributed by atoms with Crippen molar-refractivity contribution in [2.45, 2.75) is 20.3 Å². The smallest absolute Gasteiger partial charge is 0.282 e. The molecule has 3 aromatic rings. The third kappa shape index (κ3) is 4.82. The molecule has 8 heteroatoms. The Balaban J connectivity index is 2.07. The minimum Gasteiger partial charge on any atom is -0.490 e. The van der Waals surface area contributed by atoms with Crippen molar-refractivity contribution < 1.29 is 9.47 Å². The Morgan fingerprint density at radius 1 is 1.17 bits per heavy atom. The molecule has 0 bridgehead atoms. The molecular weight excluding hydrogens is 514 g/mol. The lowest BCUT2D eigenvalue weighted by molar-refractivity contribution is 0.296. The first-order chi connectivity index (χ1) is 14.5. The molecule has 2 aromatic carbocycles. The highest BCUT2D eigenvalue weighted by Gasteiger charge is 2.12. The summed E-state index contributed by atoms with van der Waals surface area (Å²) < 4.78 is 14.3. The number of hydrogen-bond donors (Lipinski definition) is 0. The molecule has 0 aliphatic rings. The van der Waals surface area contributed by atoms with Gasteiger partial charge in [-0.1, -0.05) is 35.5 Å². The average molecular weight is 535 g/mol. The van der Waals surface area contributed by atoms with E-state index in [1.165, 1.54) is 4.68 Å². The second-order valence-corrected chi connectivity index (χ2v) is 8.03. The van der Waals surface area contributed by atoms with Gasteiger partial charge in [-0.25, -0.2) is 4.98 Å². The molecule has 0 amide bonds. The van der Waals surface area contributed by atoms with E-state index in [9.17, 15) is 4.79 Å². The van der Waals surface area contributed by atoms with Gasteiger partial charge >= 0.3 is 0 Å². The zero-order valence-corrected chi connectivity index (χ0v) is 19.9. The van der Waals surface area contributed by atoms with E-state index in [-0.39, 0.29) is 5.56 Å². The molecule has 0 radical (unpaired) electrons. The van der Waals surface area contributed by atoms with Crippen molar-refractivity contribution in [2.24, 2.45) is 5.10 Å². The highest BCUT2D eigenvalue weighted by molar-refractivity contribution is 9.10. The molecule has 1 aromatic heterocycles. The summed E-state index contributed by atoms with van der Waals surface area (Å²) in [6.07, 6.45) is 3.84. The van der Waals surface area contributed by atoms with E-state index < -0.39 is 0 Å². The first-order valence-electron chi connectivity index (χ1n) is 9.44. The summed E-state index contributed by atoms with van der Waals surface area (Å²) in [5, 5.41) is 4.94. The van der Waals surface area contributed by atoms with Crippen LogP contribution in [0.15, 0.2) is 61.8 Å². The zero-order chi connectivity index (χ0) is 21.7. The molecule has 0 aliphatic heterocycles. The standard InChI is InChI=1S/C22H21Br2N3O3/c1-4-9-30-20-12-17(24)14(10-19(20)29-6-3)13-25-27-21(5-2)26-18-8-7-15(23)11-16(18)22(27)28/h4,7-8,10-13H,1,5-6,9H2,2-3H3. The topological polar surface area (TPSA) is 65.7 Å². The molecule has 3 rings (SSSR count). The Morgan fingerprint density at radius 3 is 2.63 bits per heavy atom. The SMILES string of the molecule is C=CCOc1cc(Br)c(C=Nn2c(CC)nc3ccc(Br)cc3c2=O)cc1OCC. The zero-order valence-electron chi connectivity index (χ0n) is 16.7. The van der Waals surface area contributed by atoms with E-state index in [0.29, 0.717) is 47.9 Å². The van der Waals surface area contributed by atoms with Crippen molar-refractivity contribution in [1.29, 1.82) is 0 Å². The van der Waals surface area contributed by atoms with Gasteiger partial charge in [-0.2, -0.15) is 9.78 Å². The number of fused-ring (bicyclic) bond motifs is 1. The lowest BCUT2D eigenvalue weighted by Gasteiger charge is -2.13. The van der Waals surface area contributed by atoms with Crippen molar-refractivity contribution in [3.63, 3.8) is 0 Å². The molecule has 0 aliphatic carbocycles. The van der Waals surface area contributed by atoms with Gasteiger partial charge in [0.1, 0.15) is 12.4 Å². The second kappa shape index (κ2) is 10.0. The lowest BCUT2D eigenvalue weighted by atomic mass is 10.2. The molecule has 0 atom stereocenters. The van der Waals surface area contributed by atoms with Gasteiger partial charge < -0.3 is 9.47 Å². The van der Waals surface area contributed by atoms with E-state index in [1.54, 1.807) is 18.4 Å². The summed E-state index contributed by atoms with van der Waals surface area (Å²) in [7, 11) is 0. The van der Waals surface area contributed by atoms with E-state index in [0.717, 1.165) is 14.5 Å². The first-order valence-corrected chi connectivity index (χ1v) is 11.0. The fourth-order valence-electron chi connectivity index (χ4n) is 2.84. The van der Waals surface area contributed by atoms with E-state index in [4.69, 9.17) is 9.47 Å². The van der Waals surface area contributed by atoms with Crippen LogP contribution in [0.1, 0.15) is 25.2 Å². The van der Waals surface area contributed by atoms with Crippen LogP contribution in [0, 0.1) is 0 Å². The quantitative estimate of drug-likeness (QED) is 0.289. The molecule has 0 fully saturated rings. The third-order valence-corrected chi connectivity index (χ3v) is 5.40. The van der Waals surface area contributed by atoms with Crippen LogP contribution < -0.4 is 15.0 Å². The number of benzene rings is 2. The summed E-state index contributed by atoms with van der Waals surface area (Å²) >= 11 is 6.95. The molecule has 30 heavy (non-hydrogen) atoms. The van der Waals surface area contributed by atoms with Crippen LogP contribution in [0.2, 0.25) is 0 Å². The predicted molar refractivity (Wildman–Crippen MR) is 127 cm³/mol. The molecule has 0 saturated carbocycles. The molecule has 1 heterocycles. The summed E-state index contributed by atoms with van der Waals surface area (Å²) in [6.45, 7) is 8.37. The Hall–Kier alpha value is -2.45. The van der Waals surface area contributed by atoms with Crippen molar-refractivity contribution in [1.82, 2.24) is 9.66 Å². The Kier molecular flexibility index (Phi) is 7.44. The number of hydrogen-bond acceptors (Lipinski definition) is 5. The first kappa shape index (κ1) is 22.2. The molecule has 0 spiro atoms. The van der Waals surface area contributed by atoms with Crippen LogP contribution in [-0.4, -0.2) is 29.1 Å². The maximum absolute atomic E-state index is 13.0. The monoisotopic (exact) mass is 533 g/mol. The largest absolute Gasteiger partial charge is 0.490 e. The van der Waals surface area contributed by atoms with Crippen molar-refractivity contribution in [3.05, 3.63) is 73.7 Å². The van der Waals surface area contributed by atoms with Crippen molar-refractivity contribution >= 4 is 49.0 Å². The van der Waals surface area contributed by atoms with Gasteiger partial charge in [-0.05, 0) is 53.2 Å². The summed E-state index contributed by atoms with van der Waals surface area (Å²) in [6, 6.07) is 9.07. The lowest BCUT2D eigenvalue weighted by Crippen LogP contribution is -2.22. The Labute approximate surface area is 191 Å². The van der Waals surface area contributed by atoms with Gasteiger partial charge in [-0.3, -0.25) is 4.79 Å². The maximum atomic E-state index is 13.0. The summed E-state index contributed by atoms with van der Waals surface area (Å²) in [4.78, 5) is 17.6. The summed E-state index contributed by atoms with van der Waals surface area (Å²) in [5.41, 5.74) is 1.17. The van der Waals surface area contributed by atoms with E-state index in [1.807, 2.05) is 38.1 Å². The van der Waals surface area contributed by atoms with Gasteiger partial charge in [0.2, 0.25) is 0 Å². The highest BCUT2D eigenvalue weighted by Crippen LogP contribution is 2.33. The van der Waals surface area contributed by atoms with Crippen molar-refractivity contribution in [2.75, 3.05) is 13.2 Å². The summed E-state index contributed by atoms with van der Waals surface area (Å²) in [5.74, 6) is 1.77. The van der Waals surface area contributed by atoms with Crippen molar-refractivity contribution in [3.8, 4) is 11.5 Å². The van der Waals surface area contributed by atoms with Gasteiger partial charge in [0, 0.05) is 20.9 Å². The number of halogens is 2. The van der Waals surface area contributed by atoms with Crippen LogP contribution in [0.5, 0.6) is 11.5 Å². The number of rotatable bonds is 8. The average Bonchev–Trinajstić information content (AvgIpc) is 2.74. The number of nitrogens with zero attached hydrogens (tertiary/aromatic N) is 3. The Bertz CT molecular complexity index is 1170. The number of aromatic nitrogens is 2. The van der Waals surface area contributed by atoms with Gasteiger partial charge in [0.15, 0.2) is 11.5 Å². The van der Waals surface area contributed by atoms with Crippen LogP contribution in [0.25, 0.3) is 10.9 Å². The minimum atomic E-state index is -0.221. The van der Waals surface area contributed by atoms with E-state index in [2.05, 4.69) is 48.5 Å². The molecular formula is C22H21Br2N3O3. The number of aryl methyl sites for hydroxylation is 1. The maximum Gasteiger partial charge on any atom is 0.282 e. The van der Waals surface area contributed by atoms with Crippen LogP contribution in [-0.2, 0) is 6.42 Å².